The maximum atomic E-state index is 14.5. The average Bonchev–Trinajstić information content (AvgIpc) is 3.75. The van der Waals surface area contributed by atoms with E-state index in [-0.39, 0.29) is 22.6 Å². The molecule has 0 bridgehead atoms. The van der Waals surface area contributed by atoms with Crippen LogP contribution in [0.15, 0.2) is 34.9 Å². The first kappa shape index (κ1) is 24.1. The highest BCUT2D eigenvalue weighted by molar-refractivity contribution is 7.22. The molecule has 2 saturated carbocycles. The van der Waals surface area contributed by atoms with Crippen molar-refractivity contribution in [2.24, 2.45) is 5.41 Å². The van der Waals surface area contributed by atoms with Crippen LogP contribution in [0.4, 0.5) is 9.52 Å². The third kappa shape index (κ3) is 3.46. The van der Waals surface area contributed by atoms with Crippen molar-refractivity contribution in [2.45, 2.75) is 49.7 Å². The Bertz CT molecular complexity index is 1670. The third-order valence-corrected chi connectivity index (χ3v) is 10.6. The minimum atomic E-state index is -1.15. The van der Waals surface area contributed by atoms with Crippen molar-refractivity contribution in [2.75, 3.05) is 18.0 Å². The largest absolute Gasteiger partial charge is 0.478 e. The molecule has 8 rings (SSSR count). The van der Waals surface area contributed by atoms with Crippen LogP contribution in [0, 0.1) is 11.2 Å². The Balaban J connectivity index is 1.05. The van der Waals surface area contributed by atoms with Crippen LogP contribution in [0.3, 0.4) is 0 Å². The summed E-state index contributed by atoms with van der Waals surface area (Å²) in [7, 11) is 0. The number of piperidine rings is 1. The lowest BCUT2D eigenvalue weighted by Gasteiger charge is -2.48. The zero-order valence-electron chi connectivity index (χ0n) is 20.5. The number of aromatic nitrogens is 2. The lowest BCUT2D eigenvalue weighted by molar-refractivity contribution is 0.0696. The van der Waals surface area contributed by atoms with E-state index in [9.17, 15) is 14.3 Å². The second-order valence-corrected chi connectivity index (χ2v) is 13.0. The number of carboxylic acid groups (broad SMARTS) is 1. The number of hydrogen-bond acceptors (Lipinski definition) is 7. The van der Waals surface area contributed by atoms with E-state index in [4.69, 9.17) is 32.5 Å². The van der Waals surface area contributed by atoms with Gasteiger partial charge in [0.15, 0.2) is 10.9 Å². The van der Waals surface area contributed by atoms with E-state index in [1.54, 1.807) is 0 Å². The molecule has 0 amide bonds. The number of anilines is 1. The summed E-state index contributed by atoms with van der Waals surface area (Å²) >= 11 is 14.5. The normalized spacial score (nSPS) is 25.1. The van der Waals surface area contributed by atoms with Gasteiger partial charge in [0, 0.05) is 30.0 Å². The van der Waals surface area contributed by atoms with Crippen molar-refractivity contribution >= 4 is 55.9 Å². The standard InChI is InChI=1S/C28H22Cl2FN3O4S/c29-15-2-1-3-16(30)19(15)22-20(23(38-33-22)13-4-5-13)28-12-27(25(28)37-28)6-8-34(9-7-27)26-32-21-17(31)10-14(24(35)36)11-18(21)39-26/h1-3,10-11,13,25H,4-9,12H2,(H,35,36). The van der Waals surface area contributed by atoms with Crippen LogP contribution in [-0.4, -0.2) is 40.4 Å². The smallest absolute Gasteiger partial charge is 0.335 e. The second kappa shape index (κ2) is 8.16. The van der Waals surface area contributed by atoms with E-state index in [1.807, 2.05) is 18.2 Å². The van der Waals surface area contributed by atoms with E-state index >= 15 is 0 Å². The van der Waals surface area contributed by atoms with Crippen molar-refractivity contribution in [3.8, 4) is 11.3 Å². The topological polar surface area (TPSA) is 92.0 Å². The maximum absolute atomic E-state index is 14.5. The van der Waals surface area contributed by atoms with Gasteiger partial charge in [0.05, 0.1) is 32.0 Å². The van der Waals surface area contributed by atoms with E-state index < -0.39 is 17.4 Å². The Hall–Kier alpha value is -2.72. The van der Waals surface area contributed by atoms with Gasteiger partial charge in [-0.3, -0.25) is 0 Å². The van der Waals surface area contributed by atoms with Gasteiger partial charge in [0.2, 0.25) is 0 Å². The number of thiazole rings is 1. The summed E-state index contributed by atoms with van der Waals surface area (Å²) in [5.41, 5.74) is 2.20. The van der Waals surface area contributed by atoms with E-state index in [1.165, 1.54) is 17.4 Å². The number of hydrogen-bond donors (Lipinski definition) is 1. The monoisotopic (exact) mass is 585 g/mol. The molecular weight excluding hydrogens is 564 g/mol. The van der Waals surface area contributed by atoms with Gasteiger partial charge in [0.1, 0.15) is 22.6 Å². The molecule has 0 radical (unpaired) electrons. The van der Waals surface area contributed by atoms with Crippen molar-refractivity contribution in [3.05, 3.63) is 63.1 Å². The molecule has 4 fully saturated rings. The van der Waals surface area contributed by atoms with Crippen LogP contribution in [0.5, 0.6) is 0 Å². The van der Waals surface area contributed by atoms with E-state index in [2.05, 4.69) is 15.0 Å². The minimum absolute atomic E-state index is 0.0501. The molecule has 2 aromatic carbocycles. The van der Waals surface area contributed by atoms with Crippen molar-refractivity contribution in [3.63, 3.8) is 0 Å². The van der Waals surface area contributed by atoms with Gasteiger partial charge in [-0.2, -0.15) is 0 Å². The summed E-state index contributed by atoms with van der Waals surface area (Å²) in [5.74, 6) is -0.485. The van der Waals surface area contributed by atoms with Crippen LogP contribution in [0.2, 0.25) is 10.0 Å². The highest BCUT2D eigenvalue weighted by Gasteiger charge is 2.79. The van der Waals surface area contributed by atoms with Gasteiger partial charge < -0.3 is 19.3 Å². The molecule has 200 valence electrons. The molecule has 2 unspecified atom stereocenters. The maximum Gasteiger partial charge on any atom is 0.335 e. The predicted octanol–water partition coefficient (Wildman–Crippen LogP) is 7.26. The lowest BCUT2D eigenvalue weighted by Crippen LogP contribution is -2.52. The molecule has 2 aliphatic carbocycles. The number of aromatic carboxylic acids is 1. The van der Waals surface area contributed by atoms with Crippen LogP contribution in [0.1, 0.15) is 59.7 Å². The molecule has 2 saturated heterocycles. The van der Waals surface area contributed by atoms with E-state index in [0.717, 1.165) is 62.6 Å². The van der Waals surface area contributed by atoms with Gasteiger partial charge in [-0.15, -0.1) is 0 Å². The van der Waals surface area contributed by atoms with Gasteiger partial charge >= 0.3 is 5.97 Å². The number of carbonyl (C=O) groups is 1. The molecule has 2 aliphatic heterocycles. The SMILES string of the molecule is O=C(O)c1cc(F)c2nc(N3CCC4(CC3)CC3(c5c(-c6c(Cl)cccc6Cl)noc5C5CC5)OC43)sc2c1. The van der Waals surface area contributed by atoms with Gasteiger partial charge in [0.25, 0.3) is 0 Å². The third-order valence-electron chi connectivity index (χ3n) is 8.87. The first-order valence-electron chi connectivity index (χ1n) is 13.0. The first-order chi connectivity index (χ1) is 18.8. The molecule has 11 heteroatoms. The molecule has 1 N–H and O–H groups in total. The summed E-state index contributed by atoms with van der Waals surface area (Å²) in [6, 6.07) is 7.97. The van der Waals surface area contributed by atoms with Gasteiger partial charge in [-0.1, -0.05) is 45.8 Å². The number of rotatable bonds is 5. The van der Waals surface area contributed by atoms with Gasteiger partial charge in [-0.25, -0.2) is 14.2 Å². The summed E-state index contributed by atoms with van der Waals surface area (Å²) in [6.07, 6.45) is 4.96. The molecule has 7 nitrogen and oxygen atoms in total. The van der Waals surface area contributed by atoms with Crippen LogP contribution >= 0.6 is 34.5 Å². The van der Waals surface area contributed by atoms with Crippen molar-refractivity contribution < 1.29 is 23.6 Å². The molecule has 4 aromatic rings. The fourth-order valence-electron chi connectivity index (χ4n) is 6.74. The minimum Gasteiger partial charge on any atom is -0.478 e. The number of fused-ring (bicyclic) bond motifs is 3. The van der Waals surface area contributed by atoms with Crippen LogP contribution < -0.4 is 4.90 Å². The lowest BCUT2D eigenvalue weighted by atomic mass is 9.55. The fourth-order valence-corrected chi connectivity index (χ4v) is 8.39. The molecule has 39 heavy (non-hydrogen) atoms. The number of epoxide rings is 1. The highest BCUT2D eigenvalue weighted by atomic mass is 35.5. The molecule has 2 aromatic heterocycles. The molecule has 2 atom stereocenters. The number of benzene rings is 2. The van der Waals surface area contributed by atoms with E-state index in [0.29, 0.717) is 37.1 Å². The average molecular weight is 586 g/mol. The molecule has 4 heterocycles. The summed E-state index contributed by atoms with van der Waals surface area (Å²) < 4.78 is 27.5. The van der Waals surface area contributed by atoms with Crippen LogP contribution in [-0.2, 0) is 10.3 Å². The Morgan fingerprint density at radius 1 is 1.18 bits per heavy atom. The summed E-state index contributed by atoms with van der Waals surface area (Å²) in [6.45, 7) is 1.54. The Kier molecular flexibility index (Phi) is 5.04. The fraction of sp³-hybridized carbons (Fsp3) is 0.393. The second-order valence-electron chi connectivity index (χ2n) is 11.2. The number of ether oxygens (including phenoxy) is 1. The first-order valence-corrected chi connectivity index (χ1v) is 14.6. The molecule has 1 spiro atoms. The Morgan fingerprint density at radius 3 is 2.59 bits per heavy atom. The Morgan fingerprint density at radius 2 is 1.92 bits per heavy atom. The number of nitrogens with zero attached hydrogens (tertiary/aromatic N) is 3. The summed E-state index contributed by atoms with van der Waals surface area (Å²) in [5, 5.41) is 15.5. The molecular formula is C28H22Cl2FN3O4S. The van der Waals surface area contributed by atoms with Crippen molar-refractivity contribution in [1.29, 1.82) is 0 Å². The quantitative estimate of drug-likeness (QED) is 0.246. The zero-order valence-corrected chi connectivity index (χ0v) is 22.9. The Labute approximate surface area is 236 Å². The number of halogens is 3. The van der Waals surface area contributed by atoms with Gasteiger partial charge in [-0.05, 0) is 56.4 Å². The van der Waals surface area contributed by atoms with Crippen LogP contribution in [0.25, 0.3) is 21.5 Å². The molecule has 4 aliphatic rings. The predicted molar refractivity (Wildman–Crippen MR) is 146 cm³/mol. The summed E-state index contributed by atoms with van der Waals surface area (Å²) in [4.78, 5) is 18.0. The van der Waals surface area contributed by atoms with Crippen molar-refractivity contribution in [1.82, 2.24) is 10.1 Å². The highest BCUT2D eigenvalue weighted by Crippen LogP contribution is 2.75. The number of carboxylic acids is 1. The zero-order chi connectivity index (χ0) is 26.7.